The number of carbonyl (C=O) groups excluding carboxylic acids is 1. The lowest BCUT2D eigenvalue weighted by Crippen LogP contribution is -2.14. The zero-order valence-electron chi connectivity index (χ0n) is 15.5. The molecule has 30 heavy (non-hydrogen) atoms. The van der Waals surface area contributed by atoms with Gasteiger partial charge in [-0.2, -0.15) is 18.3 Å². The number of alkyl halides is 3. The van der Waals surface area contributed by atoms with Crippen LogP contribution in [0.15, 0.2) is 60.8 Å². The molecular weight excluding hydrogens is 415 g/mol. The predicted octanol–water partition coefficient (Wildman–Crippen LogP) is 4.88. The predicted molar refractivity (Wildman–Crippen MR) is 107 cm³/mol. The van der Waals surface area contributed by atoms with E-state index in [1.807, 2.05) is 30.3 Å². The molecule has 2 aromatic carbocycles. The van der Waals surface area contributed by atoms with E-state index in [4.69, 9.17) is 0 Å². The molecule has 0 aliphatic heterocycles. The number of benzene rings is 2. The highest BCUT2D eigenvalue weighted by Gasteiger charge is 2.34. The Morgan fingerprint density at radius 1 is 1.10 bits per heavy atom. The third-order valence-corrected chi connectivity index (χ3v) is 4.98. The molecule has 0 atom stereocenters. The van der Waals surface area contributed by atoms with Crippen LogP contribution in [0.25, 0.3) is 22.5 Å². The van der Waals surface area contributed by atoms with E-state index in [0.29, 0.717) is 10.7 Å². The Morgan fingerprint density at radius 2 is 1.87 bits per heavy atom. The van der Waals surface area contributed by atoms with Gasteiger partial charge in [0, 0.05) is 41.5 Å². The molecule has 4 rings (SSSR count). The zero-order chi connectivity index (χ0) is 21.3. The van der Waals surface area contributed by atoms with Crippen LogP contribution in [0.1, 0.15) is 15.9 Å². The van der Waals surface area contributed by atoms with Gasteiger partial charge in [-0.25, -0.2) is 0 Å². The summed E-state index contributed by atoms with van der Waals surface area (Å²) in [6.45, 7) is 0. The number of hydrogen-bond donors (Lipinski definition) is 1. The molecule has 0 aliphatic carbocycles. The van der Waals surface area contributed by atoms with E-state index in [-0.39, 0.29) is 16.8 Å². The fourth-order valence-electron chi connectivity index (χ4n) is 2.94. The Hall–Kier alpha value is -3.53. The van der Waals surface area contributed by atoms with Crippen LogP contribution in [0.3, 0.4) is 0 Å². The van der Waals surface area contributed by atoms with Crippen molar-refractivity contribution in [2.75, 3.05) is 5.32 Å². The molecule has 0 bridgehead atoms. The van der Waals surface area contributed by atoms with Gasteiger partial charge in [-0.3, -0.25) is 9.48 Å². The summed E-state index contributed by atoms with van der Waals surface area (Å²) >= 11 is 0.990. The van der Waals surface area contributed by atoms with Crippen LogP contribution in [0, 0.1) is 0 Å². The lowest BCUT2D eigenvalue weighted by Gasteiger charge is -2.13. The van der Waals surface area contributed by atoms with Gasteiger partial charge in [0.2, 0.25) is 0 Å². The van der Waals surface area contributed by atoms with Gasteiger partial charge in [0.25, 0.3) is 5.91 Å². The van der Waals surface area contributed by atoms with E-state index in [1.54, 1.807) is 7.05 Å². The van der Waals surface area contributed by atoms with Crippen molar-refractivity contribution in [2.45, 2.75) is 6.18 Å². The van der Waals surface area contributed by atoms with Crippen molar-refractivity contribution in [1.82, 2.24) is 19.4 Å². The van der Waals surface area contributed by atoms with Crippen LogP contribution in [0.2, 0.25) is 0 Å². The number of carbonyl (C=O) groups is 1. The number of amides is 1. The molecule has 0 aliphatic rings. The van der Waals surface area contributed by atoms with Crippen LogP contribution >= 0.6 is 11.5 Å². The third-order valence-electron chi connectivity index (χ3n) is 4.34. The maximum atomic E-state index is 13.5. The summed E-state index contributed by atoms with van der Waals surface area (Å²) in [5.74, 6) is -0.566. The molecule has 0 saturated heterocycles. The van der Waals surface area contributed by atoms with Crippen LogP contribution < -0.4 is 5.32 Å². The quantitative estimate of drug-likeness (QED) is 0.502. The molecule has 0 radical (unpaired) electrons. The molecule has 2 aromatic heterocycles. The fourth-order valence-corrected chi connectivity index (χ4v) is 3.52. The molecule has 1 amide bonds. The monoisotopic (exact) mass is 429 g/mol. The number of halogens is 3. The average molecular weight is 429 g/mol. The Bertz CT molecular complexity index is 1200. The van der Waals surface area contributed by atoms with Gasteiger partial charge in [-0.05, 0) is 24.3 Å². The molecule has 0 fully saturated rings. The topological polar surface area (TPSA) is 72.7 Å². The second-order valence-electron chi connectivity index (χ2n) is 6.40. The van der Waals surface area contributed by atoms with Crippen molar-refractivity contribution in [3.8, 4) is 22.5 Å². The van der Waals surface area contributed by atoms with Crippen molar-refractivity contribution >= 4 is 22.4 Å². The van der Waals surface area contributed by atoms with E-state index in [2.05, 4.69) is 20.0 Å². The first-order valence-corrected chi connectivity index (χ1v) is 9.50. The molecule has 1 N–H and O–H groups in total. The van der Waals surface area contributed by atoms with Gasteiger partial charge < -0.3 is 5.32 Å². The van der Waals surface area contributed by atoms with Crippen LogP contribution in [-0.4, -0.2) is 25.3 Å². The maximum absolute atomic E-state index is 13.5. The van der Waals surface area contributed by atoms with Crippen LogP contribution in [0.5, 0.6) is 0 Å². The molecule has 0 unspecified atom stereocenters. The van der Waals surface area contributed by atoms with Crippen molar-refractivity contribution in [3.63, 3.8) is 0 Å². The van der Waals surface area contributed by atoms with Crippen LogP contribution in [-0.2, 0) is 13.2 Å². The first-order valence-electron chi connectivity index (χ1n) is 8.73. The minimum absolute atomic E-state index is 0.0658. The Balaban J connectivity index is 1.69. The number of hydrogen-bond acceptors (Lipinski definition) is 5. The molecular formula is C20H14F3N5OS. The van der Waals surface area contributed by atoms with Gasteiger partial charge in [0.15, 0.2) is 0 Å². The largest absolute Gasteiger partial charge is 0.417 e. The minimum Gasteiger partial charge on any atom is -0.310 e. The third kappa shape index (κ3) is 3.94. The first-order chi connectivity index (χ1) is 14.3. The van der Waals surface area contributed by atoms with E-state index >= 15 is 0 Å². The molecule has 152 valence electrons. The van der Waals surface area contributed by atoms with Gasteiger partial charge in [-0.15, -0.1) is 5.10 Å². The van der Waals surface area contributed by atoms with Gasteiger partial charge >= 0.3 is 6.18 Å². The lowest BCUT2D eigenvalue weighted by molar-refractivity contribution is -0.137. The van der Waals surface area contributed by atoms with E-state index in [1.165, 1.54) is 23.0 Å². The summed E-state index contributed by atoms with van der Waals surface area (Å²) in [6, 6.07) is 13.8. The second-order valence-corrected chi connectivity index (χ2v) is 7.16. The molecule has 0 spiro atoms. The zero-order valence-corrected chi connectivity index (χ0v) is 16.3. The number of anilines is 1. The highest BCUT2D eigenvalue weighted by Crippen LogP contribution is 2.37. The standard InChI is InChI=1S/C20H14F3N5OS/c1-28-10-9-16(26-28)14-11-13(7-8-15(14)20(21,22)23)18(29)24-19-17(25-27-30-19)12-5-3-2-4-6-12/h2-11H,1H3,(H,24,29). The normalized spacial score (nSPS) is 11.5. The number of aromatic nitrogens is 4. The fraction of sp³-hybridized carbons (Fsp3) is 0.100. The Kier molecular flexibility index (Phi) is 5.08. The summed E-state index contributed by atoms with van der Waals surface area (Å²) in [7, 11) is 1.61. The number of rotatable bonds is 4. The molecule has 0 saturated carbocycles. The maximum Gasteiger partial charge on any atom is 0.417 e. The van der Waals surface area contributed by atoms with Gasteiger partial charge in [0.1, 0.15) is 10.7 Å². The molecule has 4 aromatic rings. The summed E-state index contributed by atoms with van der Waals surface area (Å²) in [5.41, 5.74) is 0.428. The smallest absolute Gasteiger partial charge is 0.310 e. The van der Waals surface area contributed by atoms with E-state index in [9.17, 15) is 18.0 Å². The summed E-state index contributed by atoms with van der Waals surface area (Å²) < 4.78 is 45.7. The summed E-state index contributed by atoms with van der Waals surface area (Å²) in [6.07, 6.45) is -3.04. The molecule has 2 heterocycles. The Morgan fingerprint density at radius 3 is 2.53 bits per heavy atom. The number of aryl methyl sites for hydroxylation is 1. The van der Waals surface area contributed by atoms with Crippen LogP contribution in [0.4, 0.5) is 18.2 Å². The average Bonchev–Trinajstić information content (AvgIpc) is 3.36. The minimum atomic E-state index is -4.58. The van der Waals surface area contributed by atoms with Crippen molar-refractivity contribution in [3.05, 3.63) is 71.9 Å². The summed E-state index contributed by atoms with van der Waals surface area (Å²) in [4.78, 5) is 12.8. The molecule has 10 heteroatoms. The van der Waals surface area contributed by atoms with Crippen molar-refractivity contribution in [2.24, 2.45) is 7.05 Å². The number of nitrogens with one attached hydrogen (secondary N) is 1. The van der Waals surface area contributed by atoms with Crippen molar-refractivity contribution < 1.29 is 18.0 Å². The second kappa shape index (κ2) is 7.71. The molecule has 6 nitrogen and oxygen atoms in total. The van der Waals surface area contributed by atoms with E-state index < -0.39 is 17.6 Å². The van der Waals surface area contributed by atoms with Crippen molar-refractivity contribution in [1.29, 1.82) is 0 Å². The lowest BCUT2D eigenvalue weighted by atomic mass is 10.0. The SMILES string of the molecule is Cn1ccc(-c2cc(C(=O)Nc3snnc3-c3ccccc3)ccc2C(F)(F)F)n1. The Labute approximate surface area is 173 Å². The highest BCUT2D eigenvalue weighted by atomic mass is 32.1. The first kappa shape index (κ1) is 19.8. The summed E-state index contributed by atoms with van der Waals surface area (Å²) in [5, 5.41) is 11.2. The highest BCUT2D eigenvalue weighted by molar-refractivity contribution is 7.10. The van der Waals surface area contributed by atoms with Gasteiger partial charge in [-0.1, -0.05) is 34.8 Å². The van der Waals surface area contributed by atoms with Gasteiger partial charge in [0.05, 0.1) is 11.3 Å². The van der Waals surface area contributed by atoms with E-state index in [0.717, 1.165) is 29.2 Å². The number of nitrogens with zero attached hydrogens (tertiary/aromatic N) is 4.